The van der Waals surface area contributed by atoms with E-state index in [9.17, 15) is 4.79 Å². The lowest BCUT2D eigenvalue weighted by Gasteiger charge is -2.09. The Hall–Kier alpha value is -1.92. The molecule has 0 spiro atoms. The Balaban J connectivity index is 1.77. The zero-order chi connectivity index (χ0) is 22.5. The lowest BCUT2D eigenvalue weighted by molar-refractivity contribution is 0.0982. The van der Waals surface area contributed by atoms with Gasteiger partial charge in [-0.2, -0.15) is 0 Å². The molecule has 0 saturated carbocycles. The third-order valence-electron chi connectivity index (χ3n) is 4.85. The highest BCUT2D eigenvalue weighted by Crippen LogP contribution is 2.37. The molecule has 1 N–H and O–H groups in total. The van der Waals surface area contributed by atoms with Gasteiger partial charge in [0, 0.05) is 27.4 Å². The lowest BCUT2D eigenvalue weighted by atomic mass is 10.0. The average Bonchev–Trinajstić information content (AvgIpc) is 3.15. The van der Waals surface area contributed by atoms with Gasteiger partial charge in [-0.25, -0.2) is 4.98 Å². The number of ketones is 1. The zero-order valence-corrected chi connectivity index (χ0v) is 20.1. The summed E-state index contributed by atoms with van der Waals surface area (Å²) in [5.74, 6) is 1.04. The van der Waals surface area contributed by atoms with Gasteiger partial charge in [0.05, 0.1) is 17.3 Å². The summed E-state index contributed by atoms with van der Waals surface area (Å²) in [6, 6.07) is 10.8. The van der Waals surface area contributed by atoms with E-state index in [0.717, 1.165) is 26.7 Å². The van der Waals surface area contributed by atoms with Crippen molar-refractivity contribution in [2.45, 2.75) is 39.5 Å². The first kappa shape index (κ1) is 23.7. The molecular weight excluding hydrogens is 453 g/mol. The third kappa shape index (κ3) is 5.86. The van der Waals surface area contributed by atoms with Gasteiger partial charge in [0.15, 0.2) is 5.78 Å². The van der Waals surface area contributed by atoms with E-state index in [1.807, 2.05) is 19.1 Å². The van der Waals surface area contributed by atoms with Crippen molar-refractivity contribution in [3.8, 4) is 16.3 Å². The summed E-state index contributed by atoms with van der Waals surface area (Å²) >= 11 is 14.0. The van der Waals surface area contributed by atoms with Gasteiger partial charge in [0.25, 0.3) is 0 Å². The number of carbonyl (C=O) groups is 1. The van der Waals surface area contributed by atoms with Crippen molar-refractivity contribution in [3.63, 3.8) is 0 Å². The fourth-order valence-electron chi connectivity index (χ4n) is 3.29. The first-order valence-electron chi connectivity index (χ1n) is 10.1. The molecule has 3 aromatic rings. The number of carbonyl (C=O) groups excluding carboxylic acids is 1. The molecule has 0 bridgehead atoms. The first-order chi connectivity index (χ1) is 14.8. The van der Waals surface area contributed by atoms with E-state index >= 15 is 0 Å². The minimum Gasteiger partial charge on any atom is -0.491 e. The first-order valence-corrected chi connectivity index (χ1v) is 11.7. The van der Waals surface area contributed by atoms with Crippen LogP contribution >= 0.6 is 34.5 Å². The van der Waals surface area contributed by atoms with Crippen LogP contribution in [-0.4, -0.2) is 29.1 Å². The SMILES string of the molecule is Cc1cc(C(=O)CCc2nc(-c3ccc(Cl)cc3Cl)sc2C(C)C)ccc1OCCO. The second kappa shape index (κ2) is 10.6. The molecule has 4 nitrogen and oxygen atoms in total. The highest BCUT2D eigenvalue weighted by atomic mass is 35.5. The highest BCUT2D eigenvalue weighted by Gasteiger charge is 2.18. The maximum atomic E-state index is 12.8. The molecule has 0 aliphatic heterocycles. The van der Waals surface area contributed by atoms with Crippen LogP contribution in [0.25, 0.3) is 10.6 Å². The molecule has 0 aliphatic rings. The van der Waals surface area contributed by atoms with Crippen molar-refractivity contribution in [1.82, 2.24) is 4.98 Å². The Morgan fingerprint density at radius 1 is 1.19 bits per heavy atom. The summed E-state index contributed by atoms with van der Waals surface area (Å²) < 4.78 is 5.46. The molecule has 1 heterocycles. The largest absolute Gasteiger partial charge is 0.491 e. The molecule has 0 atom stereocenters. The lowest BCUT2D eigenvalue weighted by Crippen LogP contribution is -2.06. The summed E-state index contributed by atoms with van der Waals surface area (Å²) in [4.78, 5) is 18.8. The number of aliphatic hydroxyl groups excluding tert-OH is 1. The smallest absolute Gasteiger partial charge is 0.163 e. The van der Waals surface area contributed by atoms with Gasteiger partial charge in [-0.1, -0.05) is 37.0 Å². The van der Waals surface area contributed by atoms with E-state index < -0.39 is 0 Å². The van der Waals surface area contributed by atoms with Crippen LogP contribution in [0.5, 0.6) is 5.75 Å². The molecule has 164 valence electrons. The van der Waals surface area contributed by atoms with Crippen molar-refractivity contribution in [2.75, 3.05) is 13.2 Å². The zero-order valence-electron chi connectivity index (χ0n) is 17.7. The van der Waals surface area contributed by atoms with Gasteiger partial charge in [0.1, 0.15) is 17.4 Å². The number of aromatic nitrogens is 1. The molecule has 0 amide bonds. The predicted octanol–water partition coefficient (Wildman–Crippen LogP) is 6.74. The van der Waals surface area contributed by atoms with Gasteiger partial charge < -0.3 is 9.84 Å². The fraction of sp³-hybridized carbons (Fsp3) is 0.333. The van der Waals surface area contributed by atoms with Crippen molar-refractivity contribution in [3.05, 3.63) is 68.1 Å². The summed E-state index contributed by atoms with van der Waals surface area (Å²) in [5, 5.41) is 10.9. The van der Waals surface area contributed by atoms with Crippen LogP contribution in [-0.2, 0) is 6.42 Å². The van der Waals surface area contributed by atoms with Crippen LogP contribution in [0.3, 0.4) is 0 Å². The van der Waals surface area contributed by atoms with Crippen molar-refractivity contribution < 1.29 is 14.6 Å². The van der Waals surface area contributed by atoms with Crippen LogP contribution < -0.4 is 4.74 Å². The van der Waals surface area contributed by atoms with Crippen molar-refractivity contribution in [2.24, 2.45) is 0 Å². The molecular formula is C24H25Cl2NO3S. The summed E-state index contributed by atoms with van der Waals surface area (Å²) in [6.07, 6.45) is 0.934. The van der Waals surface area contributed by atoms with Gasteiger partial charge in [-0.05, 0) is 61.2 Å². The molecule has 2 aromatic carbocycles. The number of Topliss-reactive ketones (excluding diaryl/α,β-unsaturated/α-hetero) is 1. The number of rotatable bonds is 9. The topological polar surface area (TPSA) is 59.4 Å². The van der Waals surface area contributed by atoms with E-state index in [1.165, 1.54) is 0 Å². The minimum absolute atomic E-state index is 0.0465. The molecule has 3 rings (SSSR count). The normalized spacial score (nSPS) is 11.2. The van der Waals surface area contributed by atoms with E-state index in [2.05, 4.69) is 13.8 Å². The number of aliphatic hydroxyl groups is 1. The van der Waals surface area contributed by atoms with Gasteiger partial charge in [0.2, 0.25) is 0 Å². The average molecular weight is 478 g/mol. The molecule has 0 radical (unpaired) electrons. The predicted molar refractivity (Wildman–Crippen MR) is 128 cm³/mol. The Morgan fingerprint density at radius 2 is 1.97 bits per heavy atom. The second-order valence-corrected chi connectivity index (χ2v) is 9.46. The highest BCUT2D eigenvalue weighted by molar-refractivity contribution is 7.15. The number of ether oxygens (including phenoxy) is 1. The summed E-state index contributed by atoms with van der Waals surface area (Å²) in [5.41, 5.74) is 3.31. The van der Waals surface area contributed by atoms with E-state index in [0.29, 0.717) is 40.1 Å². The quantitative estimate of drug-likeness (QED) is 0.346. The molecule has 0 unspecified atom stereocenters. The van der Waals surface area contributed by atoms with Crippen molar-refractivity contribution >= 4 is 40.3 Å². The number of hydrogen-bond donors (Lipinski definition) is 1. The number of benzene rings is 2. The summed E-state index contributed by atoms with van der Waals surface area (Å²) in [6.45, 7) is 6.33. The Labute approximate surface area is 196 Å². The van der Waals surface area contributed by atoms with Crippen LogP contribution in [0.1, 0.15) is 52.7 Å². The summed E-state index contributed by atoms with van der Waals surface area (Å²) in [7, 11) is 0. The maximum absolute atomic E-state index is 12.8. The van der Waals surface area contributed by atoms with E-state index in [4.69, 9.17) is 38.0 Å². The van der Waals surface area contributed by atoms with Crippen LogP contribution in [0.2, 0.25) is 10.0 Å². The monoisotopic (exact) mass is 477 g/mol. The molecule has 0 fully saturated rings. The standard InChI is InChI=1S/C24H25Cl2NO3S/c1-14(2)23-20(27-24(31-23)18-6-5-17(25)13-19(18)26)7-8-21(29)16-4-9-22(15(3)12-16)30-11-10-28/h4-6,9,12-14,28H,7-8,10-11H2,1-3H3. The van der Waals surface area contributed by atoms with Gasteiger partial charge in [-0.15, -0.1) is 11.3 Å². The van der Waals surface area contributed by atoms with Gasteiger partial charge >= 0.3 is 0 Å². The Morgan fingerprint density at radius 3 is 2.61 bits per heavy atom. The van der Waals surface area contributed by atoms with E-state index in [-0.39, 0.29) is 19.0 Å². The molecule has 0 aliphatic carbocycles. The fourth-order valence-corrected chi connectivity index (χ4v) is 5.00. The Bertz CT molecular complexity index is 1080. The van der Waals surface area contributed by atoms with Gasteiger partial charge in [-0.3, -0.25) is 4.79 Å². The molecule has 0 saturated heterocycles. The number of nitrogens with zero attached hydrogens (tertiary/aromatic N) is 1. The number of hydrogen-bond acceptors (Lipinski definition) is 5. The van der Waals surface area contributed by atoms with Crippen LogP contribution in [0.4, 0.5) is 0 Å². The number of aryl methyl sites for hydroxylation is 2. The van der Waals surface area contributed by atoms with E-state index in [1.54, 1.807) is 35.6 Å². The van der Waals surface area contributed by atoms with Crippen LogP contribution in [0, 0.1) is 6.92 Å². The number of thiazole rings is 1. The van der Waals surface area contributed by atoms with Crippen molar-refractivity contribution in [1.29, 1.82) is 0 Å². The second-order valence-electron chi connectivity index (χ2n) is 7.58. The minimum atomic E-state index is -0.0465. The molecule has 31 heavy (non-hydrogen) atoms. The third-order valence-corrected chi connectivity index (χ3v) is 6.83. The molecule has 7 heteroatoms. The Kier molecular flexibility index (Phi) is 8.11. The number of halogens is 2. The maximum Gasteiger partial charge on any atom is 0.163 e. The molecule has 1 aromatic heterocycles. The van der Waals surface area contributed by atoms with Crippen LogP contribution in [0.15, 0.2) is 36.4 Å².